The fraction of sp³-hybridized carbons (Fsp3) is 0.455. The summed E-state index contributed by atoms with van der Waals surface area (Å²) in [5.74, 6) is 1.12. The fourth-order valence-corrected chi connectivity index (χ4v) is 2.21. The summed E-state index contributed by atoms with van der Waals surface area (Å²) in [7, 11) is 0. The van der Waals surface area contributed by atoms with Gasteiger partial charge >= 0.3 is 0 Å². The minimum atomic E-state index is 0.115. The van der Waals surface area contributed by atoms with E-state index in [4.69, 9.17) is 5.73 Å². The second kappa shape index (κ2) is 4.51. The van der Waals surface area contributed by atoms with Gasteiger partial charge in [-0.3, -0.25) is 9.69 Å². The second-order valence-corrected chi connectivity index (χ2v) is 4.90. The van der Waals surface area contributed by atoms with Gasteiger partial charge in [-0.25, -0.2) is 4.98 Å². The SMILES string of the molecule is Cc1ccc(Br)nc1N1CC(CN)CC1=O. The topological polar surface area (TPSA) is 59.2 Å². The highest BCUT2D eigenvalue weighted by atomic mass is 79.9. The lowest BCUT2D eigenvalue weighted by Crippen LogP contribution is -2.27. The lowest BCUT2D eigenvalue weighted by atomic mass is 10.1. The molecule has 1 aliphatic heterocycles. The van der Waals surface area contributed by atoms with Crippen molar-refractivity contribution >= 4 is 27.7 Å². The Morgan fingerprint density at radius 1 is 1.62 bits per heavy atom. The predicted molar refractivity (Wildman–Crippen MR) is 66.2 cm³/mol. The number of hydrogen-bond donors (Lipinski definition) is 1. The standard InChI is InChI=1S/C11H14BrN3O/c1-7-2-3-9(12)14-11(7)15-6-8(5-13)4-10(15)16/h2-3,8H,4-6,13H2,1H3. The van der Waals surface area contributed by atoms with Gasteiger partial charge in [0.15, 0.2) is 0 Å². The minimum Gasteiger partial charge on any atom is -0.330 e. The van der Waals surface area contributed by atoms with E-state index in [2.05, 4.69) is 20.9 Å². The van der Waals surface area contributed by atoms with Crippen molar-refractivity contribution in [2.75, 3.05) is 18.0 Å². The summed E-state index contributed by atoms with van der Waals surface area (Å²) in [5, 5.41) is 0. The van der Waals surface area contributed by atoms with Gasteiger partial charge < -0.3 is 5.73 Å². The van der Waals surface area contributed by atoms with Crippen LogP contribution in [0.3, 0.4) is 0 Å². The van der Waals surface area contributed by atoms with E-state index in [1.165, 1.54) is 0 Å². The van der Waals surface area contributed by atoms with Crippen molar-refractivity contribution in [3.8, 4) is 0 Å². The number of aromatic nitrogens is 1. The summed E-state index contributed by atoms with van der Waals surface area (Å²) in [5.41, 5.74) is 6.60. The quantitative estimate of drug-likeness (QED) is 0.836. The Labute approximate surface area is 103 Å². The molecule has 1 aromatic heterocycles. The van der Waals surface area contributed by atoms with E-state index >= 15 is 0 Å². The van der Waals surface area contributed by atoms with Crippen LogP contribution in [0.4, 0.5) is 5.82 Å². The van der Waals surface area contributed by atoms with E-state index in [1.807, 2.05) is 19.1 Å². The third-order valence-electron chi connectivity index (χ3n) is 2.83. The first-order valence-corrected chi connectivity index (χ1v) is 6.04. The summed E-state index contributed by atoms with van der Waals surface area (Å²) < 4.78 is 0.747. The largest absolute Gasteiger partial charge is 0.330 e. The summed E-state index contributed by atoms with van der Waals surface area (Å²) in [6.07, 6.45) is 0.532. The maximum absolute atomic E-state index is 11.8. The molecule has 0 spiro atoms. The number of anilines is 1. The van der Waals surface area contributed by atoms with Crippen LogP contribution in [0.15, 0.2) is 16.7 Å². The lowest BCUT2D eigenvalue weighted by molar-refractivity contribution is -0.117. The van der Waals surface area contributed by atoms with Gasteiger partial charge in [0.1, 0.15) is 10.4 Å². The monoisotopic (exact) mass is 283 g/mol. The third kappa shape index (κ3) is 2.10. The highest BCUT2D eigenvalue weighted by molar-refractivity contribution is 9.10. The Bertz CT molecular complexity index is 422. The summed E-state index contributed by atoms with van der Waals surface area (Å²) in [6.45, 7) is 3.19. The predicted octanol–water partition coefficient (Wildman–Crippen LogP) is 1.46. The van der Waals surface area contributed by atoms with Crippen molar-refractivity contribution in [2.24, 2.45) is 11.7 Å². The molecule has 1 saturated heterocycles. The van der Waals surface area contributed by atoms with E-state index < -0.39 is 0 Å². The molecule has 2 rings (SSSR count). The molecular formula is C11H14BrN3O. The van der Waals surface area contributed by atoms with Crippen LogP contribution in [0, 0.1) is 12.8 Å². The first-order valence-electron chi connectivity index (χ1n) is 5.25. The average molecular weight is 284 g/mol. The van der Waals surface area contributed by atoms with Crippen molar-refractivity contribution in [3.63, 3.8) is 0 Å². The minimum absolute atomic E-state index is 0.115. The van der Waals surface area contributed by atoms with Gasteiger partial charge in [-0.05, 0) is 46.9 Å². The van der Waals surface area contributed by atoms with Crippen LogP contribution in [0.2, 0.25) is 0 Å². The Balaban J connectivity index is 2.30. The molecule has 2 heterocycles. The van der Waals surface area contributed by atoms with Gasteiger partial charge in [-0.1, -0.05) is 6.07 Å². The van der Waals surface area contributed by atoms with Crippen LogP contribution >= 0.6 is 15.9 Å². The molecular weight excluding hydrogens is 270 g/mol. The van der Waals surface area contributed by atoms with Crippen LogP contribution in [-0.4, -0.2) is 24.0 Å². The number of carbonyl (C=O) groups excluding carboxylic acids is 1. The Morgan fingerprint density at radius 3 is 3.00 bits per heavy atom. The zero-order chi connectivity index (χ0) is 11.7. The van der Waals surface area contributed by atoms with Crippen LogP contribution in [0.1, 0.15) is 12.0 Å². The van der Waals surface area contributed by atoms with Crippen LogP contribution < -0.4 is 10.6 Å². The highest BCUT2D eigenvalue weighted by Gasteiger charge is 2.31. The fourth-order valence-electron chi connectivity index (χ4n) is 1.91. The molecule has 1 fully saturated rings. The van der Waals surface area contributed by atoms with E-state index in [0.29, 0.717) is 19.5 Å². The summed E-state index contributed by atoms with van der Waals surface area (Å²) >= 11 is 3.32. The number of nitrogens with two attached hydrogens (primary N) is 1. The smallest absolute Gasteiger partial charge is 0.228 e. The molecule has 5 heteroatoms. The number of amides is 1. The molecule has 1 atom stereocenters. The van der Waals surface area contributed by atoms with Gasteiger partial charge in [0.2, 0.25) is 5.91 Å². The number of pyridine rings is 1. The highest BCUT2D eigenvalue weighted by Crippen LogP contribution is 2.26. The molecule has 0 bridgehead atoms. The van der Waals surface area contributed by atoms with E-state index in [1.54, 1.807) is 4.90 Å². The number of hydrogen-bond acceptors (Lipinski definition) is 3. The van der Waals surface area contributed by atoms with Crippen molar-refractivity contribution in [1.29, 1.82) is 0 Å². The number of aryl methyl sites for hydroxylation is 1. The summed E-state index contributed by atoms with van der Waals surface area (Å²) in [4.78, 5) is 17.9. The van der Waals surface area contributed by atoms with Crippen LogP contribution in [0.5, 0.6) is 0 Å². The molecule has 0 saturated carbocycles. The van der Waals surface area contributed by atoms with Crippen LogP contribution in [-0.2, 0) is 4.79 Å². The molecule has 1 aliphatic rings. The number of carbonyl (C=O) groups is 1. The van der Waals surface area contributed by atoms with E-state index in [-0.39, 0.29) is 11.8 Å². The first-order chi connectivity index (χ1) is 7.61. The Kier molecular flexibility index (Phi) is 3.25. The maximum atomic E-state index is 11.8. The summed E-state index contributed by atoms with van der Waals surface area (Å²) in [6, 6.07) is 3.83. The lowest BCUT2D eigenvalue weighted by Gasteiger charge is -2.17. The van der Waals surface area contributed by atoms with Crippen molar-refractivity contribution in [1.82, 2.24) is 4.98 Å². The molecule has 1 unspecified atom stereocenters. The normalized spacial score (nSPS) is 20.6. The Hall–Kier alpha value is -0.940. The number of halogens is 1. The van der Waals surface area contributed by atoms with Gasteiger partial charge in [-0.2, -0.15) is 0 Å². The Morgan fingerprint density at radius 2 is 2.38 bits per heavy atom. The molecule has 1 amide bonds. The van der Waals surface area contributed by atoms with Gasteiger partial charge in [0, 0.05) is 13.0 Å². The van der Waals surface area contributed by atoms with Crippen molar-refractivity contribution < 1.29 is 4.79 Å². The number of nitrogens with zero attached hydrogens (tertiary/aromatic N) is 2. The first kappa shape index (κ1) is 11.5. The second-order valence-electron chi connectivity index (χ2n) is 4.08. The average Bonchev–Trinajstić information content (AvgIpc) is 2.63. The maximum Gasteiger partial charge on any atom is 0.228 e. The van der Waals surface area contributed by atoms with Crippen LogP contribution in [0.25, 0.3) is 0 Å². The molecule has 2 N–H and O–H groups in total. The van der Waals surface area contributed by atoms with E-state index in [0.717, 1.165) is 16.0 Å². The van der Waals surface area contributed by atoms with Gasteiger partial charge in [0.25, 0.3) is 0 Å². The third-order valence-corrected chi connectivity index (χ3v) is 3.27. The van der Waals surface area contributed by atoms with Gasteiger partial charge in [0.05, 0.1) is 0 Å². The molecule has 86 valence electrons. The molecule has 0 aliphatic carbocycles. The molecule has 1 aromatic rings. The number of rotatable bonds is 2. The van der Waals surface area contributed by atoms with Crippen molar-refractivity contribution in [2.45, 2.75) is 13.3 Å². The molecule has 0 radical (unpaired) electrons. The van der Waals surface area contributed by atoms with Gasteiger partial charge in [-0.15, -0.1) is 0 Å². The van der Waals surface area contributed by atoms with E-state index in [9.17, 15) is 4.79 Å². The molecule has 16 heavy (non-hydrogen) atoms. The zero-order valence-electron chi connectivity index (χ0n) is 9.11. The zero-order valence-corrected chi connectivity index (χ0v) is 10.7. The van der Waals surface area contributed by atoms with Crippen molar-refractivity contribution in [3.05, 3.63) is 22.3 Å². The molecule has 0 aromatic carbocycles. The molecule has 4 nitrogen and oxygen atoms in total.